The van der Waals surface area contributed by atoms with E-state index >= 15 is 0 Å². The molecule has 1 aromatic heterocycles. The molecule has 0 aliphatic heterocycles. The number of hydrogen-bond donors (Lipinski definition) is 1. The first-order valence-corrected chi connectivity index (χ1v) is 4.61. The fourth-order valence-corrected chi connectivity index (χ4v) is 1.42. The molecule has 2 rings (SSSR count). The summed E-state index contributed by atoms with van der Waals surface area (Å²) in [5.41, 5.74) is 0.268. The van der Waals surface area contributed by atoms with E-state index in [2.05, 4.69) is 5.16 Å². The minimum atomic E-state index is -1.17. The molecule has 0 saturated carbocycles. The molecule has 6 heteroatoms. The van der Waals surface area contributed by atoms with E-state index in [0.29, 0.717) is 5.56 Å². The molecule has 0 radical (unpaired) electrons. The van der Waals surface area contributed by atoms with E-state index in [0.717, 1.165) is 12.3 Å². The molecule has 0 bridgehead atoms. The zero-order chi connectivity index (χ0) is 11.7. The molecule has 0 aliphatic carbocycles. The van der Waals surface area contributed by atoms with Gasteiger partial charge in [0.1, 0.15) is 11.4 Å². The fraction of sp³-hybridized carbons (Fsp3) is 0. The summed E-state index contributed by atoms with van der Waals surface area (Å²) in [7, 11) is 0. The third-order valence-corrected chi connectivity index (χ3v) is 2.27. The molecule has 2 aromatic rings. The minimum absolute atomic E-state index is 0.0504. The van der Waals surface area contributed by atoms with Gasteiger partial charge in [-0.1, -0.05) is 16.8 Å². The molecule has 0 amide bonds. The van der Waals surface area contributed by atoms with Crippen LogP contribution in [0.5, 0.6) is 0 Å². The summed E-state index contributed by atoms with van der Waals surface area (Å²) in [6.07, 6.45) is 1.08. The topological polar surface area (TPSA) is 63.3 Å². The summed E-state index contributed by atoms with van der Waals surface area (Å²) >= 11 is 5.58. The van der Waals surface area contributed by atoms with Crippen molar-refractivity contribution in [3.8, 4) is 11.3 Å². The Bertz CT molecular complexity index is 553. The van der Waals surface area contributed by atoms with Gasteiger partial charge in [0.2, 0.25) is 0 Å². The van der Waals surface area contributed by atoms with Gasteiger partial charge in [0.25, 0.3) is 0 Å². The molecule has 0 atom stereocenters. The molecule has 0 spiro atoms. The number of rotatable bonds is 2. The van der Waals surface area contributed by atoms with E-state index in [9.17, 15) is 9.18 Å². The number of halogens is 2. The summed E-state index contributed by atoms with van der Waals surface area (Å²) in [4.78, 5) is 10.8. The van der Waals surface area contributed by atoms with E-state index in [1.807, 2.05) is 0 Å². The van der Waals surface area contributed by atoms with Crippen molar-refractivity contribution in [2.24, 2.45) is 0 Å². The second-order valence-electron chi connectivity index (χ2n) is 3.00. The second-order valence-corrected chi connectivity index (χ2v) is 3.41. The average molecular weight is 242 g/mol. The van der Waals surface area contributed by atoms with Gasteiger partial charge in [-0.05, 0) is 18.2 Å². The first-order valence-electron chi connectivity index (χ1n) is 4.23. The summed E-state index contributed by atoms with van der Waals surface area (Å²) < 4.78 is 17.7. The first kappa shape index (κ1) is 10.6. The molecular weight excluding hydrogens is 237 g/mol. The molecular formula is C10H5ClFNO3. The van der Waals surface area contributed by atoms with Crippen molar-refractivity contribution in [3.63, 3.8) is 0 Å². The quantitative estimate of drug-likeness (QED) is 0.878. The molecule has 0 saturated heterocycles. The van der Waals surface area contributed by atoms with Gasteiger partial charge in [-0.25, -0.2) is 9.18 Å². The monoisotopic (exact) mass is 241 g/mol. The SMILES string of the molecule is O=C(O)c1cnoc1-c1ccc(F)c(Cl)c1. The highest BCUT2D eigenvalue weighted by Crippen LogP contribution is 2.27. The Morgan fingerprint density at radius 1 is 1.50 bits per heavy atom. The van der Waals surface area contributed by atoms with Crippen molar-refractivity contribution in [2.75, 3.05) is 0 Å². The molecule has 1 aromatic carbocycles. The Labute approximate surface area is 94.2 Å². The molecule has 1 heterocycles. The number of nitrogens with zero attached hydrogens (tertiary/aromatic N) is 1. The summed E-state index contributed by atoms with van der Waals surface area (Å²) in [6.45, 7) is 0. The number of aromatic carboxylic acids is 1. The highest BCUT2D eigenvalue weighted by molar-refractivity contribution is 6.31. The molecule has 1 N–H and O–H groups in total. The number of carbonyl (C=O) groups is 1. The number of aromatic nitrogens is 1. The predicted molar refractivity (Wildman–Crippen MR) is 53.9 cm³/mol. The summed E-state index contributed by atoms with van der Waals surface area (Å²) in [5.74, 6) is -1.70. The zero-order valence-corrected chi connectivity index (χ0v) is 8.53. The predicted octanol–water partition coefficient (Wildman–Crippen LogP) is 2.83. The van der Waals surface area contributed by atoms with Crippen molar-refractivity contribution in [2.45, 2.75) is 0 Å². The summed E-state index contributed by atoms with van der Waals surface area (Å²) in [5, 5.41) is 12.1. The number of carboxylic acids is 1. The maximum atomic E-state index is 12.9. The molecule has 16 heavy (non-hydrogen) atoms. The van der Waals surface area contributed by atoms with Gasteiger partial charge in [-0.15, -0.1) is 0 Å². The first-order chi connectivity index (χ1) is 7.59. The van der Waals surface area contributed by atoms with Crippen LogP contribution in [-0.2, 0) is 0 Å². The lowest BCUT2D eigenvalue weighted by atomic mass is 10.1. The van der Waals surface area contributed by atoms with Crippen LogP contribution in [0.15, 0.2) is 28.9 Å². The second kappa shape index (κ2) is 3.94. The average Bonchev–Trinajstić information content (AvgIpc) is 2.71. The van der Waals surface area contributed by atoms with Crippen LogP contribution in [0.1, 0.15) is 10.4 Å². The van der Waals surface area contributed by atoms with Crippen LogP contribution in [0.3, 0.4) is 0 Å². The highest BCUT2D eigenvalue weighted by Gasteiger charge is 2.17. The van der Waals surface area contributed by atoms with Crippen molar-refractivity contribution >= 4 is 17.6 Å². The maximum absolute atomic E-state index is 12.9. The van der Waals surface area contributed by atoms with Gasteiger partial charge in [-0.2, -0.15) is 0 Å². The van der Waals surface area contributed by atoms with Crippen molar-refractivity contribution in [1.82, 2.24) is 5.16 Å². The molecule has 82 valence electrons. The van der Waals surface area contributed by atoms with E-state index in [-0.39, 0.29) is 16.3 Å². The minimum Gasteiger partial charge on any atom is -0.477 e. The van der Waals surface area contributed by atoms with Gasteiger partial charge in [0.05, 0.1) is 11.2 Å². The highest BCUT2D eigenvalue weighted by atomic mass is 35.5. The van der Waals surface area contributed by atoms with E-state index < -0.39 is 11.8 Å². The van der Waals surface area contributed by atoms with Gasteiger partial charge < -0.3 is 9.63 Å². The number of benzene rings is 1. The van der Waals surface area contributed by atoms with E-state index in [4.69, 9.17) is 21.2 Å². The Morgan fingerprint density at radius 3 is 2.88 bits per heavy atom. The van der Waals surface area contributed by atoms with E-state index in [1.54, 1.807) is 0 Å². The van der Waals surface area contributed by atoms with Gasteiger partial charge in [-0.3, -0.25) is 0 Å². The third kappa shape index (κ3) is 1.77. The molecule has 0 aliphatic rings. The lowest BCUT2D eigenvalue weighted by Crippen LogP contribution is -1.96. The van der Waals surface area contributed by atoms with Crippen molar-refractivity contribution in [1.29, 1.82) is 0 Å². The van der Waals surface area contributed by atoms with Crippen LogP contribution in [0.25, 0.3) is 11.3 Å². The standard InChI is InChI=1S/C10H5ClFNO3/c11-7-3-5(1-2-8(7)12)9-6(10(14)15)4-13-16-9/h1-4H,(H,14,15). The van der Waals surface area contributed by atoms with Crippen LogP contribution in [0.4, 0.5) is 4.39 Å². The Balaban J connectivity index is 2.54. The smallest absolute Gasteiger partial charge is 0.341 e. The lowest BCUT2D eigenvalue weighted by molar-refractivity contribution is 0.0697. The van der Waals surface area contributed by atoms with Crippen LogP contribution in [0, 0.1) is 5.82 Å². The largest absolute Gasteiger partial charge is 0.477 e. The maximum Gasteiger partial charge on any atom is 0.341 e. The number of carboxylic acid groups (broad SMARTS) is 1. The number of hydrogen-bond acceptors (Lipinski definition) is 3. The molecule has 0 fully saturated rings. The van der Waals surface area contributed by atoms with Crippen LogP contribution < -0.4 is 0 Å². The lowest BCUT2D eigenvalue weighted by Gasteiger charge is -1.99. The molecule has 4 nitrogen and oxygen atoms in total. The zero-order valence-electron chi connectivity index (χ0n) is 7.78. The molecule has 0 unspecified atom stereocenters. The van der Waals surface area contributed by atoms with Crippen LogP contribution in [0.2, 0.25) is 5.02 Å². The van der Waals surface area contributed by atoms with Crippen molar-refractivity contribution < 1.29 is 18.8 Å². The van der Waals surface area contributed by atoms with E-state index in [1.165, 1.54) is 12.1 Å². The fourth-order valence-electron chi connectivity index (χ4n) is 1.24. The van der Waals surface area contributed by atoms with Crippen molar-refractivity contribution in [3.05, 3.63) is 40.8 Å². The normalized spacial score (nSPS) is 10.4. The summed E-state index contributed by atoms with van der Waals surface area (Å²) in [6, 6.07) is 3.78. The third-order valence-electron chi connectivity index (χ3n) is 1.98. The Kier molecular flexibility index (Phi) is 2.62. The van der Waals surface area contributed by atoms with Crippen LogP contribution in [-0.4, -0.2) is 16.2 Å². The van der Waals surface area contributed by atoms with Gasteiger partial charge in [0, 0.05) is 5.56 Å². The Hall–Kier alpha value is -1.88. The Morgan fingerprint density at radius 2 is 2.25 bits per heavy atom. The van der Waals surface area contributed by atoms with Crippen LogP contribution >= 0.6 is 11.6 Å². The van der Waals surface area contributed by atoms with Gasteiger partial charge >= 0.3 is 5.97 Å². The van der Waals surface area contributed by atoms with Gasteiger partial charge in [0.15, 0.2) is 5.76 Å².